The van der Waals surface area contributed by atoms with Gasteiger partial charge in [-0.05, 0) is 55.8 Å². The highest BCUT2D eigenvalue weighted by molar-refractivity contribution is 8.00. The van der Waals surface area contributed by atoms with Crippen LogP contribution in [-0.2, 0) is 4.74 Å². The van der Waals surface area contributed by atoms with E-state index >= 15 is 0 Å². The SMILES string of the molecule is C[C@@H](NC(=O)c1ccc(SC(F)(F)F)cc1)[C@@H]1CCCO1. The number of carbonyl (C=O) groups is 1. The number of rotatable bonds is 4. The van der Waals surface area contributed by atoms with Gasteiger partial charge in [-0.2, -0.15) is 13.2 Å². The van der Waals surface area contributed by atoms with Crippen LogP contribution in [0.4, 0.5) is 13.2 Å². The topological polar surface area (TPSA) is 38.3 Å². The summed E-state index contributed by atoms with van der Waals surface area (Å²) in [5.74, 6) is -0.304. The average molecular weight is 319 g/mol. The Morgan fingerprint density at radius 2 is 2.05 bits per heavy atom. The molecule has 1 aliphatic rings. The van der Waals surface area contributed by atoms with Crippen molar-refractivity contribution in [3.63, 3.8) is 0 Å². The number of hydrogen-bond donors (Lipinski definition) is 1. The number of nitrogens with one attached hydrogen (secondary N) is 1. The van der Waals surface area contributed by atoms with E-state index in [1.54, 1.807) is 0 Å². The molecule has 3 nitrogen and oxygen atoms in total. The lowest BCUT2D eigenvalue weighted by Gasteiger charge is -2.20. The molecule has 1 amide bonds. The second kappa shape index (κ2) is 6.70. The van der Waals surface area contributed by atoms with E-state index < -0.39 is 5.51 Å². The van der Waals surface area contributed by atoms with Crippen molar-refractivity contribution in [3.8, 4) is 0 Å². The van der Waals surface area contributed by atoms with Crippen molar-refractivity contribution in [1.29, 1.82) is 0 Å². The van der Waals surface area contributed by atoms with Crippen molar-refractivity contribution in [2.24, 2.45) is 0 Å². The molecule has 1 aromatic carbocycles. The van der Waals surface area contributed by atoms with E-state index in [1.807, 2.05) is 6.92 Å². The number of halogens is 3. The van der Waals surface area contributed by atoms with Crippen LogP contribution in [0.15, 0.2) is 29.2 Å². The summed E-state index contributed by atoms with van der Waals surface area (Å²) in [6.07, 6.45) is 1.89. The Morgan fingerprint density at radius 1 is 1.38 bits per heavy atom. The van der Waals surface area contributed by atoms with Gasteiger partial charge in [0.15, 0.2) is 0 Å². The molecule has 0 radical (unpaired) electrons. The van der Waals surface area contributed by atoms with Gasteiger partial charge in [-0.3, -0.25) is 4.79 Å². The van der Waals surface area contributed by atoms with Gasteiger partial charge < -0.3 is 10.1 Å². The summed E-state index contributed by atoms with van der Waals surface area (Å²) in [5, 5.41) is 2.81. The van der Waals surface area contributed by atoms with Crippen molar-refractivity contribution in [1.82, 2.24) is 5.32 Å². The molecule has 7 heteroatoms. The number of carbonyl (C=O) groups excluding carboxylic acids is 1. The van der Waals surface area contributed by atoms with Crippen molar-refractivity contribution in [2.75, 3.05) is 6.61 Å². The molecule has 0 aromatic heterocycles. The van der Waals surface area contributed by atoms with Crippen molar-refractivity contribution < 1.29 is 22.7 Å². The van der Waals surface area contributed by atoms with E-state index in [9.17, 15) is 18.0 Å². The van der Waals surface area contributed by atoms with Crippen LogP contribution in [0.2, 0.25) is 0 Å². The second-order valence-corrected chi connectivity index (χ2v) is 6.02. The van der Waals surface area contributed by atoms with Gasteiger partial charge in [-0.1, -0.05) is 0 Å². The molecular formula is C14H16F3NO2S. The number of thioether (sulfide) groups is 1. The number of amides is 1. The standard InChI is InChI=1S/C14H16F3NO2S/c1-9(12-3-2-8-20-12)18-13(19)10-4-6-11(7-5-10)21-14(15,16)17/h4-7,9,12H,2-3,8H2,1H3,(H,18,19)/t9-,12+/m1/s1. The second-order valence-electron chi connectivity index (χ2n) is 4.89. The van der Waals surface area contributed by atoms with Crippen LogP contribution in [0.5, 0.6) is 0 Å². The highest BCUT2D eigenvalue weighted by Crippen LogP contribution is 2.36. The molecule has 1 aliphatic heterocycles. The Labute approximate surface area is 125 Å². The predicted octanol–water partition coefficient (Wildman–Crippen LogP) is 3.60. The maximum atomic E-state index is 12.2. The fraction of sp³-hybridized carbons (Fsp3) is 0.500. The van der Waals surface area contributed by atoms with E-state index in [0.29, 0.717) is 12.2 Å². The van der Waals surface area contributed by atoms with Crippen molar-refractivity contribution >= 4 is 17.7 Å². The summed E-state index contributed by atoms with van der Waals surface area (Å²) in [5.41, 5.74) is -3.98. The molecule has 1 saturated heterocycles. The summed E-state index contributed by atoms with van der Waals surface area (Å²) in [6.45, 7) is 2.57. The fourth-order valence-corrected chi connectivity index (χ4v) is 2.73. The zero-order valence-electron chi connectivity index (χ0n) is 11.4. The first-order valence-electron chi connectivity index (χ1n) is 6.63. The third-order valence-corrected chi connectivity index (χ3v) is 3.97. The van der Waals surface area contributed by atoms with Gasteiger partial charge in [0.05, 0.1) is 12.1 Å². The minimum absolute atomic E-state index is 0.00834. The minimum atomic E-state index is -4.32. The van der Waals surface area contributed by atoms with Gasteiger partial charge in [0.25, 0.3) is 5.91 Å². The summed E-state index contributed by atoms with van der Waals surface area (Å²) < 4.78 is 42.1. The smallest absolute Gasteiger partial charge is 0.376 e. The fourth-order valence-electron chi connectivity index (χ4n) is 2.19. The third-order valence-electron chi connectivity index (χ3n) is 3.23. The highest BCUT2D eigenvalue weighted by Gasteiger charge is 2.29. The minimum Gasteiger partial charge on any atom is -0.376 e. The molecule has 0 saturated carbocycles. The first-order valence-corrected chi connectivity index (χ1v) is 7.45. The molecule has 1 fully saturated rings. The first-order chi connectivity index (χ1) is 9.85. The molecular weight excluding hydrogens is 303 g/mol. The molecule has 0 bridgehead atoms. The van der Waals surface area contributed by atoms with Crippen LogP contribution in [0.1, 0.15) is 30.1 Å². The lowest BCUT2D eigenvalue weighted by atomic mass is 10.1. The molecule has 1 N–H and O–H groups in total. The predicted molar refractivity (Wildman–Crippen MR) is 74.3 cm³/mol. The maximum Gasteiger partial charge on any atom is 0.446 e. The molecule has 21 heavy (non-hydrogen) atoms. The Bertz CT molecular complexity index is 484. The van der Waals surface area contributed by atoms with Crippen molar-refractivity contribution in [3.05, 3.63) is 29.8 Å². The Kier molecular flexibility index (Phi) is 5.16. The van der Waals surface area contributed by atoms with Crippen LogP contribution in [-0.4, -0.2) is 30.2 Å². The summed E-state index contributed by atoms with van der Waals surface area (Å²) in [6, 6.07) is 5.26. The Hall–Kier alpha value is -1.21. The molecule has 0 spiro atoms. The largest absolute Gasteiger partial charge is 0.446 e. The summed E-state index contributed by atoms with van der Waals surface area (Å²) in [4.78, 5) is 12.1. The van der Waals surface area contributed by atoms with Gasteiger partial charge in [0, 0.05) is 17.1 Å². The van der Waals surface area contributed by atoms with E-state index in [-0.39, 0.29) is 34.7 Å². The van der Waals surface area contributed by atoms with Crippen LogP contribution < -0.4 is 5.32 Å². The molecule has 1 heterocycles. The zero-order valence-corrected chi connectivity index (χ0v) is 12.3. The molecule has 0 aliphatic carbocycles. The Balaban J connectivity index is 1.93. The molecule has 2 atom stereocenters. The monoisotopic (exact) mass is 319 g/mol. The van der Waals surface area contributed by atoms with Crippen LogP contribution in [0.3, 0.4) is 0 Å². The van der Waals surface area contributed by atoms with Crippen LogP contribution >= 0.6 is 11.8 Å². The average Bonchev–Trinajstić information content (AvgIpc) is 2.91. The van der Waals surface area contributed by atoms with E-state index in [4.69, 9.17) is 4.74 Å². The van der Waals surface area contributed by atoms with E-state index in [2.05, 4.69) is 5.32 Å². The quantitative estimate of drug-likeness (QED) is 0.862. The third kappa shape index (κ3) is 4.93. The zero-order chi connectivity index (χ0) is 15.5. The lowest BCUT2D eigenvalue weighted by Crippen LogP contribution is -2.40. The van der Waals surface area contributed by atoms with Gasteiger partial charge in [0.1, 0.15) is 0 Å². The summed E-state index contributed by atoms with van der Waals surface area (Å²) >= 11 is -0.196. The van der Waals surface area contributed by atoms with Crippen LogP contribution in [0.25, 0.3) is 0 Å². The van der Waals surface area contributed by atoms with Crippen LogP contribution in [0, 0.1) is 0 Å². The number of hydrogen-bond acceptors (Lipinski definition) is 3. The number of alkyl halides is 3. The van der Waals surface area contributed by atoms with E-state index in [1.165, 1.54) is 24.3 Å². The maximum absolute atomic E-state index is 12.2. The molecule has 116 valence electrons. The summed E-state index contributed by atoms with van der Waals surface area (Å²) in [7, 11) is 0. The Morgan fingerprint density at radius 3 is 2.57 bits per heavy atom. The van der Waals surface area contributed by atoms with Gasteiger partial charge in [0.2, 0.25) is 0 Å². The van der Waals surface area contributed by atoms with E-state index in [0.717, 1.165) is 12.8 Å². The lowest BCUT2D eigenvalue weighted by molar-refractivity contribution is -0.0328. The number of ether oxygens (including phenoxy) is 1. The van der Waals surface area contributed by atoms with Gasteiger partial charge in [-0.25, -0.2) is 0 Å². The first kappa shape index (κ1) is 16.2. The normalized spacial score (nSPS) is 20.3. The van der Waals surface area contributed by atoms with Crippen molar-refractivity contribution in [2.45, 2.75) is 42.3 Å². The molecule has 1 aromatic rings. The van der Waals surface area contributed by atoms with Gasteiger partial charge >= 0.3 is 5.51 Å². The molecule has 2 rings (SSSR count). The number of benzene rings is 1. The highest BCUT2D eigenvalue weighted by atomic mass is 32.2. The molecule has 0 unspecified atom stereocenters. The van der Waals surface area contributed by atoms with Gasteiger partial charge in [-0.15, -0.1) is 0 Å².